The van der Waals surface area contributed by atoms with Gasteiger partial charge in [-0.1, -0.05) is 47.7 Å². The van der Waals surface area contributed by atoms with Crippen LogP contribution >= 0.6 is 35.6 Å². The van der Waals surface area contributed by atoms with E-state index in [1.165, 1.54) is 16.7 Å². The largest absolute Gasteiger partial charge is 0.497 e. The number of benzene rings is 2. The molecule has 0 spiro atoms. The molecule has 3 fully saturated rings. The topological polar surface area (TPSA) is 62.3 Å². The lowest BCUT2D eigenvalue weighted by Gasteiger charge is -2.39. The number of hydroxylamine groups is 2. The van der Waals surface area contributed by atoms with Gasteiger partial charge in [0.2, 0.25) is 5.91 Å². The van der Waals surface area contributed by atoms with Gasteiger partial charge in [-0.2, -0.15) is 5.06 Å². The molecule has 4 atom stereocenters. The maximum absolute atomic E-state index is 13.8. The number of carbonyl (C=O) groups excluding carboxylic acids is 2. The van der Waals surface area contributed by atoms with Crippen molar-refractivity contribution in [2.45, 2.75) is 36.9 Å². The fraction of sp³-hybridized carbons (Fsp3) is 0.375. The molecule has 0 bridgehead atoms. The molecule has 0 radical (unpaired) electrons. The highest BCUT2D eigenvalue weighted by Gasteiger charge is 2.63. The van der Waals surface area contributed by atoms with E-state index in [2.05, 4.69) is 13.8 Å². The summed E-state index contributed by atoms with van der Waals surface area (Å²) in [5.74, 6) is -0.727. The molecular weight excluding hydrogens is 494 g/mol. The second-order valence-corrected chi connectivity index (χ2v) is 11.2. The average molecular weight is 518 g/mol. The number of thiocarbonyl (C=S) groups is 1. The summed E-state index contributed by atoms with van der Waals surface area (Å²) < 4.78 is 5.94. The van der Waals surface area contributed by atoms with E-state index >= 15 is 0 Å². The number of halogens is 1. The van der Waals surface area contributed by atoms with E-state index < -0.39 is 18.1 Å². The summed E-state index contributed by atoms with van der Waals surface area (Å²) in [5, 5.41) is 2.18. The zero-order valence-corrected chi connectivity index (χ0v) is 21.5. The molecule has 0 aliphatic carbocycles. The van der Waals surface area contributed by atoms with Crippen molar-refractivity contribution in [3.8, 4) is 5.75 Å². The molecule has 2 aromatic carbocycles. The Morgan fingerprint density at radius 1 is 1.06 bits per heavy atom. The Labute approximate surface area is 212 Å². The predicted molar refractivity (Wildman–Crippen MR) is 136 cm³/mol. The number of hydrogen-bond acceptors (Lipinski definition) is 7. The van der Waals surface area contributed by atoms with E-state index in [4.69, 9.17) is 33.4 Å². The molecule has 0 aromatic heterocycles. The second kappa shape index (κ2) is 8.49. The molecule has 2 aromatic rings. The quantitative estimate of drug-likeness (QED) is 0.440. The molecule has 3 aliphatic heterocycles. The molecular formula is C24H24ClN3O4S2. The normalized spacial score (nSPS) is 28.7. The summed E-state index contributed by atoms with van der Waals surface area (Å²) >= 11 is 13.2. The Bertz CT molecular complexity index is 1160. The van der Waals surface area contributed by atoms with Gasteiger partial charge in [-0.3, -0.25) is 14.4 Å². The van der Waals surface area contributed by atoms with Crippen LogP contribution in [0.2, 0.25) is 5.02 Å². The maximum atomic E-state index is 13.8. The first kappa shape index (κ1) is 23.6. The number of rotatable bonds is 4. The van der Waals surface area contributed by atoms with Gasteiger partial charge < -0.3 is 9.64 Å². The van der Waals surface area contributed by atoms with Crippen LogP contribution in [0, 0.1) is 5.92 Å². The summed E-state index contributed by atoms with van der Waals surface area (Å²) in [6.07, 6.45) is -0.925. The lowest BCUT2D eigenvalue weighted by Crippen LogP contribution is -2.51. The van der Waals surface area contributed by atoms with Crippen molar-refractivity contribution < 1.29 is 19.2 Å². The summed E-state index contributed by atoms with van der Waals surface area (Å²) in [7, 11) is 3.52. The van der Waals surface area contributed by atoms with Gasteiger partial charge in [0.15, 0.2) is 6.10 Å². The third kappa shape index (κ3) is 3.53. The molecule has 10 heteroatoms. The van der Waals surface area contributed by atoms with Crippen molar-refractivity contribution in [3.63, 3.8) is 0 Å². The molecule has 3 saturated heterocycles. The summed E-state index contributed by atoms with van der Waals surface area (Å²) in [4.78, 5) is 36.8. The minimum absolute atomic E-state index is 0.216. The number of hydrogen-bond donors (Lipinski definition) is 0. The van der Waals surface area contributed by atoms with Crippen LogP contribution < -0.4 is 9.64 Å². The van der Waals surface area contributed by atoms with Crippen LogP contribution in [-0.2, 0) is 14.4 Å². The van der Waals surface area contributed by atoms with Crippen LogP contribution in [0.15, 0.2) is 48.5 Å². The molecule has 178 valence electrons. The minimum Gasteiger partial charge on any atom is -0.497 e. The number of anilines is 1. The fourth-order valence-electron chi connectivity index (χ4n) is 4.72. The lowest BCUT2D eigenvalue weighted by molar-refractivity contribution is -0.188. The van der Waals surface area contributed by atoms with Crippen LogP contribution in [-0.4, -0.2) is 57.3 Å². The number of methoxy groups -OCH3 is 1. The zero-order chi connectivity index (χ0) is 24.4. The summed E-state index contributed by atoms with van der Waals surface area (Å²) in [6, 6.07) is 13.7. The number of amides is 2. The number of likely N-dealkylation sites (N-methyl/N-ethyl adjacent to an activating group) is 1. The Hall–Kier alpha value is -2.17. The molecule has 0 N–H and O–H groups in total. The molecule has 7 nitrogen and oxygen atoms in total. The highest BCUT2D eigenvalue weighted by atomic mass is 35.5. The monoisotopic (exact) mass is 517 g/mol. The van der Waals surface area contributed by atoms with Crippen LogP contribution in [0.25, 0.3) is 0 Å². The number of thioether (sulfide) groups is 1. The van der Waals surface area contributed by atoms with E-state index in [-0.39, 0.29) is 22.7 Å². The van der Waals surface area contributed by atoms with Crippen molar-refractivity contribution >= 4 is 57.4 Å². The van der Waals surface area contributed by atoms with Gasteiger partial charge in [-0.25, -0.2) is 4.90 Å². The van der Waals surface area contributed by atoms with Crippen LogP contribution in [0.1, 0.15) is 25.5 Å². The van der Waals surface area contributed by atoms with Gasteiger partial charge in [0, 0.05) is 12.1 Å². The number of fused-ring (bicyclic) bond motifs is 1. The molecule has 0 saturated carbocycles. The number of carbonyl (C=O) groups is 2. The molecule has 5 rings (SSSR count). The van der Waals surface area contributed by atoms with Gasteiger partial charge >= 0.3 is 0 Å². The third-order valence-corrected chi connectivity index (χ3v) is 9.17. The SMILES string of the molecule is COc1ccc(N2C(=O)[C@H]3[C@@H](ON([C@@H]4SC(=S)N(C)C4(C)C)[C@H]3c3ccc(Cl)cc3)C2=O)cc1. The van der Waals surface area contributed by atoms with Crippen molar-refractivity contribution in [1.82, 2.24) is 9.96 Å². The van der Waals surface area contributed by atoms with Crippen LogP contribution in [0.3, 0.4) is 0 Å². The Kier molecular flexibility index (Phi) is 5.89. The Morgan fingerprint density at radius 2 is 1.71 bits per heavy atom. The minimum atomic E-state index is -0.925. The van der Waals surface area contributed by atoms with E-state index in [1.807, 2.05) is 24.1 Å². The number of ether oxygens (including phenoxy) is 1. The molecule has 34 heavy (non-hydrogen) atoms. The zero-order valence-electron chi connectivity index (χ0n) is 19.1. The Morgan fingerprint density at radius 3 is 2.26 bits per heavy atom. The molecule has 3 heterocycles. The predicted octanol–water partition coefficient (Wildman–Crippen LogP) is 4.26. The van der Waals surface area contributed by atoms with Crippen LogP contribution in [0.4, 0.5) is 5.69 Å². The highest BCUT2D eigenvalue weighted by Crippen LogP contribution is 2.52. The van der Waals surface area contributed by atoms with Gasteiger partial charge in [0.25, 0.3) is 5.91 Å². The number of imide groups is 1. The van der Waals surface area contributed by atoms with Crippen molar-refractivity contribution in [1.29, 1.82) is 0 Å². The molecule has 2 amide bonds. The summed E-state index contributed by atoms with van der Waals surface area (Å²) in [6.45, 7) is 4.15. The maximum Gasteiger partial charge on any atom is 0.265 e. The van der Waals surface area contributed by atoms with Crippen molar-refractivity contribution in [2.24, 2.45) is 5.92 Å². The van der Waals surface area contributed by atoms with E-state index in [9.17, 15) is 9.59 Å². The standard InChI is InChI=1S/C24H24ClN3O4S2/c1-24(2)22(34-23(33)26(24)3)28-18(13-5-7-14(25)8-6-13)17-19(32-28)21(30)27(20(17)29)15-9-11-16(31-4)12-10-15/h5-12,17-19,22H,1-4H3/t17-,18+,19-,22-/m1/s1. The fourth-order valence-corrected chi connectivity index (χ4v) is 6.67. The van der Waals surface area contributed by atoms with Crippen molar-refractivity contribution in [2.75, 3.05) is 19.1 Å². The first-order chi connectivity index (χ1) is 16.1. The van der Waals surface area contributed by atoms with Gasteiger partial charge in [0.05, 0.1) is 30.3 Å². The molecule has 0 unspecified atom stereocenters. The Balaban J connectivity index is 1.55. The first-order valence-electron chi connectivity index (χ1n) is 10.8. The third-order valence-electron chi connectivity index (χ3n) is 6.87. The molecule has 3 aliphatic rings. The van der Waals surface area contributed by atoms with E-state index in [0.717, 1.165) is 9.88 Å². The smallest absolute Gasteiger partial charge is 0.265 e. The van der Waals surface area contributed by atoms with Gasteiger partial charge in [-0.05, 0) is 55.8 Å². The highest BCUT2D eigenvalue weighted by molar-refractivity contribution is 8.23. The van der Waals surface area contributed by atoms with Gasteiger partial charge in [-0.15, -0.1) is 0 Å². The first-order valence-corrected chi connectivity index (χ1v) is 12.5. The van der Waals surface area contributed by atoms with E-state index in [1.54, 1.807) is 48.6 Å². The average Bonchev–Trinajstić information content (AvgIpc) is 3.39. The van der Waals surface area contributed by atoms with Crippen LogP contribution in [0.5, 0.6) is 5.75 Å². The van der Waals surface area contributed by atoms with Gasteiger partial charge in [0.1, 0.15) is 15.4 Å². The summed E-state index contributed by atoms with van der Waals surface area (Å²) in [5.41, 5.74) is 0.963. The van der Waals surface area contributed by atoms with E-state index in [0.29, 0.717) is 16.5 Å². The number of nitrogens with zero attached hydrogens (tertiary/aromatic N) is 3. The second-order valence-electron chi connectivity index (χ2n) is 9.07. The van der Waals surface area contributed by atoms with Crippen molar-refractivity contribution in [3.05, 3.63) is 59.1 Å². The lowest BCUT2D eigenvalue weighted by atomic mass is 9.90.